The summed E-state index contributed by atoms with van der Waals surface area (Å²) in [6.07, 6.45) is 1.77. The van der Waals surface area contributed by atoms with Gasteiger partial charge in [-0.05, 0) is 55.3 Å². The Morgan fingerprint density at radius 1 is 1.07 bits per heavy atom. The Morgan fingerprint density at radius 3 is 2.42 bits per heavy atom. The van der Waals surface area contributed by atoms with Crippen molar-refractivity contribution in [1.29, 1.82) is 0 Å². The summed E-state index contributed by atoms with van der Waals surface area (Å²) in [5, 5.41) is 0. The van der Waals surface area contributed by atoms with Crippen LogP contribution in [-0.2, 0) is 23.6 Å². The number of hydrogen-bond acceptors (Lipinski definition) is 8. The zero-order valence-corrected chi connectivity index (χ0v) is 25.2. The third-order valence-electron chi connectivity index (χ3n) is 6.91. The molecule has 0 unspecified atom stereocenters. The Hall–Kier alpha value is -3.90. The predicted molar refractivity (Wildman–Crippen MR) is 156 cm³/mol. The summed E-state index contributed by atoms with van der Waals surface area (Å²) in [5.74, 6) is 0.386. The Labute approximate surface area is 241 Å². The molecule has 1 aliphatic heterocycles. The first-order valence-corrected chi connectivity index (χ1v) is 14.0. The number of aryl methyl sites for hydroxylation is 2. The van der Waals surface area contributed by atoms with Crippen LogP contribution in [0.1, 0.15) is 31.0 Å². The van der Waals surface area contributed by atoms with Crippen LogP contribution in [0.5, 0.6) is 11.5 Å². The molecule has 3 heterocycles. The molecule has 0 radical (unpaired) electrons. The van der Waals surface area contributed by atoms with Gasteiger partial charge in [-0.2, -0.15) is 0 Å². The van der Waals surface area contributed by atoms with Crippen molar-refractivity contribution in [2.45, 2.75) is 19.9 Å². The van der Waals surface area contributed by atoms with Crippen LogP contribution in [0.2, 0.25) is 0 Å². The molecule has 0 saturated carbocycles. The quantitative estimate of drug-likeness (QED) is 0.305. The number of ether oxygens (including phenoxy) is 3. The molecular weight excluding hydrogens is 600 g/mol. The summed E-state index contributed by atoms with van der Waals surface area (Å²) in [5.41, 5.74) is 3.18. The lowest BCUT2D eigenvalue weighted by molar-refractivity contribution is -0.139. The van der Waals surface area contributed by atoms with Gasteiger partial charge in [0.05, 0.1) is 53.7 Å². The number of methoxy groups -OCH3 is 2. The molecule has 0 bridgehead atoms. The van der Waals surface area contributed by atoms with Gasteiger partial charge in [-0.3, -0.25) is 18.5 Å². The van der Waals surface area contributed by atoms with Crippen LogP contribution < -0.4 is 30.1 Å². The number of imidazole rings is 1. The second kappa shape index (κ2) is 10.6. The van der Waals surface area contributed by atoms with Gasteiger partial charge in [0, 0.05) is 18.6 Å². The summed E-state index contributed by atoms with van der Waals surface area (Å²) < 4.78 is 22.1. The van der Waals surface area contributed by atoms with Crippen molar-refractivity contribution in [3.05, 3.63) is 87.4 Å². The molecule has 5 rings (SSSR count). The molecule has 0 N–H and O–H groups in total. The molecule has 0 saturated heterocycles. The molecule has 4 aromatic rings. The van der Waals surface area contributed by atoms with E-state index in [1.54, 1.807) is 55.3 Å². The van der Waals surface area contributed by atoms with Gasteiger partial charge in [0.2, 0.25) is 0 Å². The predicted octanol–water partition coefficient (Wildman–Crippen LogP) is 2.77. The number of esters is 1. The summed E-state index contributed by atoms with van der Waals surface area (Å²) in [7, 11) is 6.49. The minimum atomic E-state index is -0.830. The molecule has 0 fully saturated rings. The smallest absolute Gasteiger partial charge is 0.338 e. The molecule has 1 atom stereocenters. The highest BCUT2D eigenvalue weighted by molar-refractivity contribution is 9.10. The van der Waals surface area contributed by atoms with Crippen LogP contribution in [0.15, 0.2) is 60.7 Å². The van der Waals surface area contributed by atoms with Crippen molar-refractivity contribution in [3.63, 3.8) is 0 Å². The fourth-order valence-corrected chi connectivity index (χ4v) is 6.52. The van der Waals surface area contributed by atoms with Crippen molar-refractivity contribution in [1.82, 2.24) is 13.7 Å². The lowest BCUT2D eigenvalue weighted by Gasteiger charge is -2.26. The van der Waals surface area contributed by atoms with Crippen molar-refractivity contribution >= 4 is 50.3 Å². The first-order valence-electron chi connectivity index (χ1n) is 12.4. The van der Waals surface area contributed by atoms with E-state index in [-0.39, 0.29) is 23.4 Å². The second-order valence-corrected chi connectivity index (χ2v) is 11.0. The number of allylic oxidation sites excluding steroid dienone is 1. The van der Waals surface area contributed by atoms with E-state index in [1.165, 1.54) is 30.1 Å². The SMILES string of the molecule is CCOC(=O)C1=C(C)N=c2s/c(=C/c3ccc4c(c3)n(C)c(=O)n4C)c(=O)n2[C@H]1c1cc(OC)c(OC)cc1Br. The molecule has 208 valence electrons. The van der Waals surface area contributed by atoms with E-state index >= 15 is 0 Å². The standard InChI is InChI=1S/C28H27BrN4O6S/c1-7-39-26(35)23-14(2)30-27-33(24(23)16-12-20(37-5)21(38-6)13-17(16)29)25(34)22(40-27)11-15-8-9-18-19(10-15)32(4)28(36)31(18)3/h8-13,24H,7H2,1-6H3/b22-11+/t24-/m0/s1. The minimum absolute atomic E-state index is 0.131. The topological polar surface area (TPSA) is 106 Å². The highest BCUT2D eigenvalue weighted by Gasteiger charge is 2.35. The van der Waals surface area contributed by atoms with Crippen LogP contribution in [0.25, 0.3) is 17.1 Å². The van der Waals surface area contributed by atoms with Crippen LogP contribution in [-0.4, -0.2) is 40.5 Å². The Morgan fingerprint density at radius 2 is 1.75 bits per heavy atom. The molecule has 0 amide bonds. The molecule has 2 aromatic heterocycles. The number of hydrogen-bond donors (Lipinski definition) is 0. The Bertz CT molecular complexity index is 1960. The third kappa shape index (κ3) is 4.40. The third-order valence-corrected chi connectivity index (χ3v) is 8.58. The normalized spacial score (nSPS) is 15.3. The molecular formula is C28H27BrN4O6S. The van der Waals surface area contributed by atoms with Gasteiger partial charge in [-0.1, -0.05) is 33.3 Å². The van der Waals surface area contributed by atoms with E-state index in [9.17, 15) is 14.4 Å². The lowest BCUT2D eigenvalue weighted by atomic mass is 9.95. The number of aromatic nitrogens is 3. The molecule has 2 aromatic carbocycles. The fourth-order valence-electron chi connectivity index (χ4n) is 4.93. The zero-order chi connectivity index (χ0) is 28.9. The molecule has 10 nitrogen and oxygen atoms in total. The van der Waals surface area contributed by atoms with E-state index in [1.807, 2.05) is 18.2 Å². The molecule has 40 heavy (non-hydrogen) atoms. The van der Waals surface area contributed by atoms with Crippen LogP contribution in [0, 0.1) is 0 Å². The largest absolute Gasteiger partial charge is 0.493 e. The van der Waals surface area contributed by atoms with Gasteiger partial charge < -0.3 is 14.2 Å². The van der Waals surface area contributed by atoms with Crippen molar-refractivity contribution in [2.24, 2.45) is 19.1 Å². The molecule has 1 aliphatic rings. The van der Waals surface area contributed by atoms with Gasteiger partial charge in [0.25, 0.3) is 5.56 Å². The average molecular weight is 628 g/mol. The maximum atomic E-state index is 14.0. The summed E-state index contributed by atoms with van der Waals surface area (Å²) in [6.45, 7) is 3.63. The molecule has 12 heteroatoms. The lowest BCUT2D eigenvalue weighted by Crippen LogP contribution is -2.40. The van der Waals surface area contributed by atoms with Crippen molar-refractivity contribution in [3.8, 4) is 11.5 Å². The maximum absolute atomic E-state index is 14.0. The van der Waals surface area contributed by atoms with Gasteiger partial charge in [0.15, 0.2) is 16.3 Å². The zero-order valence-electron chi connectivity index (χ0n) is 22.8. The number of carbonyl (C=O) groups excluding carboxylic acids is 1. The summed E-state index contributed by atoms with van der Waals surface area (Å²) in [6, 6.07) is 8.23. The Balaban J connectivity index is 1.76. The molecule has 0 spiro atoms. The Kier molecular flexibility index (Phi) is 7.32. The van der Waals surface area contributed by atoms with E-state index in [4.69, 9.17) is 14.2 Å². The van der Waals surface area contributed by atoms with Crippen LogP contribution >= 0.6 is 27.3 Å². The van der Waals surface area contributed by atoms with Gasteiger partial charge in [-0.25, -0.2) is 14.6 Å². The van der Waals surface area contributed by atoms with Gasteiger partial charge in [-0.15, -0.1) is 0 Å². The number of fused-ring (bicyclic) bond motifs is 2. The van der Waals surface area contributed by atoms with Crippen LogP contribution in [0.3, 0.4) is 0 Å². The van der Waals surface area contributed by atoms with E-state index < -0.39 is 12.0 Å². The van der Waals surface area contributed by atoms with Crippen molar-refractivity contribution < 1.29 is 19.0 Å². The highest BCUT2D eigenvalue weighted by Crippen LogP contribution is 2.40. The number of rotatable bonds is 6. The van der Waals surface area contributed by atoms with Crippen molar-refractivity contribution in [2.75, 3.05) is 20.8 Å². The number of thiazole rings is 1. The number of nitrogens with zero attached hydrogens (tertiary/aromatic N) is 4. The first-order chi connectivity index (χ1) is 19.1. The average Bonchev–Trinajstić information content (AvgIpc) is 3.35. The van der Waals surface area contributed by atoms with E-state index in [0.717, 1.165) is 16.6 Å². The highest BCUT2D eigenvalue weighted by atomic mass is 79.9. The summed E-state index contributed by atoms with van der Waals surface area (Å²) in [4.78, 5) is 44.7. The summed E-state index contributed by atoms with van der Waals surface area (Å²) >= 11 is 4.83. The van der Waals surface area contributed by atoms with E-state index in [0.29, 0.717) is 36.6 Å². The second-order valence-electron chi connectivity index (χ2n) is 9.18. The molecule has 0 aliphatic carbocycles. The fraction of sp³-hybridized carbons (Fsp3) is 0.286. The monoisotopic (exact) mass is 626 g/mol. The number of halogens is 1. The minimum Gasteiger partial charge on any atom is -0.493 e. The number of benzene rings is 2. The van der Waals surface area contributed by atoms with Gasteiger partial charge >= 0.3 is 11.7 Å². The number of carbonyl (C=O) groups is 1. The first kappa shape index (κ1) is 27.7. The van der Waals surface area contributed by atoms with E-state index in [2.05, 4.69) is 20.9 Å². The van der Waals surface area contributed by atoms with Crippen LogP contribution in [0.4, 0.5) is 0 Å². The van der Waals surface area contributed by atoms with Gasteiger partial charge in [0.1, 0.15) is 0 Å². The maximum Gasteiger partial charge on any atom is 0.338 e.